The van der Waals surface area contributed by atoms with Crippen LogP contribution in [0.4, 0.5) is 9.93 Å². The average Bonchev–Trinajstić information content (AvgIpc) is 3.15. The number of nitrogens with one attached hydrogen (secondary N) is 2. The first-order valence-electron chi connectivity index (χ1n) is 7.26. The van der Waals surface area contributed by atoms with Gasteiger partial charge in [-0.2, -0.15) is 0 Å². The minimum Gasteiger partial charge on any atom is -0.467 e. The SMILES string of the molecule is CC(CC(O)c1ccco1)NC(=O)Nc1nc2ccccc2s1. The second kappa shape index (κ2) is 6.80. The molecule has 7 heteroatoms. The first-order chi connectivity index (χ1) is 11.1. The van der Waals surface area contributed by atoms with E-state index in [1.165, 1.54) is 17.6 Å². The van der Waals surface area contributed by atoms with Crippen molar-refractivity contribution in [3.63, 3.8) is 0 Å². The predicted molar refractivity (Wildman–Crippen MR) is 89.5 cm³/mol. The minimum atomic E-state index is -0.747. The van der Waals surface area contributed by atoms with Crippen molar-refractivity contribution in [2.45, 2.75) is 25.5 Å². The number of benzene rings is 1. The van der Waals surface area contributed by atoms with Crippen LogP contribution >= 0.6 is 11.3 Å². The van der Waals surface area contributed by atoms with E-state index in [1.54, 1.807) is 12.1 Å². The Bertz CT molecular complexity index is 752. The number of hydrogen-bond acceptors (Lipinski definition) is 5. The van der Waals surface area contributed by atoms with Gasteiger partial charge in [0.2, 0.25) is 0 Å². The van der Waals surface area contributed by atoms with E-state index in [-0.39, 0.29) is 12.1 Å². The van der Waals surface area contributed by atoms with Crippen molar-refractivity contribution >= 4 is 32.7 Å². The maximum absolute atomic E-state index is 12.0. The molecule has 0 saturated heterocycles. The third kappa shape index (κ3) is 3.88. The molecule has 0 bridgehead atoms. The van der Waals surface area contributed by atoms with Crippen LogP contribution < -0.4 is 10.6 Å². The number of carbonyl (C=O) groups excluding carboxylic acids is 1. The summed E-state index contributed by atoms with van der Waals surface area (Å²) in [5.74, 6) is 0.491. The summed E-state index contributed by atoms with van der Waals surface area (Å²) in [6, 6.07) is 10.6. The zero-order valence-corrected chi connectivity index (χ0v) is 13.3. The predicted octanol–water partition coefficient (Wildman–Crippen LogP) is 3.52. The number of para-hydroxylation sites is 1. The van der Waals surface area contributed by atoms with Crippen molar-refractivity contribution in [1.29, 1.82) is 0 Å². The van der Waals surface area contributed by atoms with Crippen LogP contribution in [-0.4, -0.2) is 22.2 Å². The van der Waals surface area contributed by atoms with E-state index < -0.39 is 6.10 Å². The molecule has 23 heavy (non-hydrogen) atoms. The van der Waals surface area contributed by atoms with Gasteiger partial charge in [-0.1, -0.05) is 23.5 Å². The number of aromatic nitrogens is 1. The Kier molecular flexibility index (Phi) is 4.59. The van der Waals surface area contributed by atoms with Gasteiger partial charge in [0.15, 0.2) is 5.13 Å². The van der Waals surface area contributed by atoms with Crippen molar-refractivity contribution in [1.82, 2.24) is 10.3 Å². The van der Waals surface area contributed by atoms with Crippen LogP contribution in [0.25, 0.3) is 10.2 Å². The molecule has 2 unspecified atom stereocenters. The van der Waals surface area contributed by atoms with Gasteiger partial charge in [-0.15, -0.1) is 0 Å². The zero-order valence-electron chi connectivity index (χ0n) is 12.5. The van der Waals surface area contributed by atoms with Crippen molar-refractivity contribution in [2.24, 2.45) is 0 Å². The Morgan fingerprint density at radius 1 is 1.35 bits per heavy atom. The van der Waals surface area contributed by atoms with E-state index in [4.69, 9.17) is 4.42 Å². The third-order valence-corrected chi connectivity index (χ3v) is 4.29. The molecule has 3 rings (SSSR count). The van der Waals surface area contributed by atoms with Crippen molar-refractivity contribution < 1.29 is 14.3 Å². The van der Waals surface area contributed by atoms with Gasteiger partial charge in [-0.05, 0) is 31.2 Å². The number of thiazole rings is 1. The summed E-state index contributed by atoms with van der Waals surface area (Å²) in [4.78, 5) is 16.4. The molecule has 0 aliphatic rings. The fraction of sp³-hybridized carbons (Fsp3) is 0.250. The fourth-order valence-electron chi connectivity index (χ4n) is 2.27. The summed E-state index contributed by atoms with van der Waals surface area (Å²) in [5.41, 5.74) is 0.856. The summed E-state index contributed by atoms with van der Waals surface area (Å²) < 4.78 is 6.16. The molecular formula is C16H17N3O3S. The van der Waals surface area contributed by atoms with E-state index in [2.05, 4.69) is 15.6 Å². The van der Waals surface area contributed by atoms with E-state index in [0.717, 1.165) is 10.2 Å². The highest BCUT2D eigenvalue weighted by molar-refractivity contribution is 7.22. The van der Waals surface area contributed by atoms with Crippen molar-refractivity contribution in [2.75, 3.05) is 5.32 Å². The number of aliphatic hydroxyl groups is 1. The van der Waals surface area contributed by atoms with Gasteiger partial charge in [0.1, 0.15) is 11.9 Å². The van der Waals surface area contributed by atoms with Crippen LogP contribution in [0.3, 0.4) is 0 Å². The maximum atomic E-state index is 12.0. The highest BCUT2D eigenvalue weighted by atomic mass is 32.1. The van der Waals surface area contributed by atoms with E-state index in [1.807, 2.05) is 31.2 Å². The van der Waals surface area contributed by atoms with E-state index in [9.17, 15) is 9.90 Å². The number of urea groups is 1. The lowest BCUT2D eigenvalue weighted by atomic mass is 10.1. The first kappa shape index (κ1) is 15.5. The second-order valence-corrected chi connectivity index (χ2v) is 6.28. The van der Waals surface area contributed by atoms with Crippen LogP contribution in [-0.2, 0) is 0 Å². The van der Waals surface area contributed by atoms with Gasteiger partial charge in [-0.25, -0.2) is 9.78 Å². The van der Waals surface area contributed by atoms with Gasteiger partial charge in [0.25, 0.3) is 0 Å². The first-order valence-corrected chi connectivity index (χ1v) is 8.08. The molecule has 6 nitrogen and oxygen atoms in total. The van der Waals surface area contributed by atoms with Gasteiger partial charge < -0.3 is 14.8 Å². The lowest BCUT2D eigenvalue weighted by molar-refractivity contribution is 0.130. The van der Waals surface area contributed by atoms with Crippen LogP contribution in [0.1, 0.15) is 25.2 Å². The maximum Gasteiger partial charge on any atom is 0.321 e. The van der Waals surface area contributed by atoms with Gasteiger partial charge >= 0.3 is 6.03 Å². The Labute approximate surface area is 137 Å². The van der Waals surface area contributed by atoms with E-state index in [0.29, 0.717) is 17.3 Å². The lowest BCUT2D eigenvalue weighted by Crippen LogP contribution is -2.36. The molecule has 1 aromatic carbocycles. The Morgan fingerprint density at radius 3 is 2.91 bits per heavy atom. The average molecular weight is 331 g/mol. The van der Waals surface area contributed by atoms with Gasteiger partial charge in [0.05, 0.1) is 16.5 Å². The third-order valence-electron chi connectivity index (χ3n) is 3.34. The number of aliphatic hydroxyl groups excluding tert-OH is 1. The zero-order chi connectivity index (χ0) is 16.2. The largest absolute Gasteiger partial charge is 0.467 e. The number of nitrogens with zero attached hydrogens (tertiary/aromatic N) is 1. The van der Waals surface area contributed by atoms with Gasteiger partial charge in [-0.3, -0.25) is 5.32 Å². The number of carbonyl (C=O) groups is 1. The van der Waals surface area contributed by atoms with Gasteiger partial charge in [0, 0.05) is 12.5 Å². The molecule has 0 saturated carbocycles. The number of rotatable bonds is 5. The summed E-state index contributed by atoms with van der Waals surface area (Å²) in [6.45, 7) is 1.82. The van der Waals surface area contributed by atoms with Crippen LogP contribution in [0.15, 0.2) is 47.1 Å². The smallest absolute Gasteiger partial charge is 0.321 e. The summed E-state index contributed by atoms with van der Waals surface area (Å²) in [7, 11) is 0. The molecule has 3 N–H and O–H groups in total. The second-order valence-electron chi connectivity index (χ2n) is 5.25. The summed E-state index contributed by atoms with van der Waals surface area (Å²) in [6.07, 6.45) is 1.12. The van der Waals surface area contributed by atoms with Crippen molar-refractivity contribution in [3.05, 3.63) is 48.4 Å². The topological polar surface area (TPSA) is 87.4 Å². The van der Waals surface area contributed by atoms with E-state index >= 15 is 0 Å². The highest BCUT2D eigenvalue weighted by Crippen LogP contribution is 2.25. The molecule has 2 atom stereocenters. The number of hydrogen-bond donors (Lipinski definition) is 3. The van der Waals surface area contributed by atoms with Crippen LogP contribution in [0.5, 0.6) is 0 Å². The molecule has 120 valence electrons. The number of furan rings is 1. The van der Waals surface area contributed by atoms with Crippen LogP contribution in [0, 0.1) is 0 Å². The summed E-state index contributed by atoms with van der Waals surface area (Å²) >= 11 is 1.42. The Morgan fingerprint density at radius 2 is 2.17 bits per heavy atom. The number of fused-ring (bicyclic) bond motifs is 1. The molecule has 0 aliphatic carbocycles. The minimum absolute atomic E-state index is 0.218. The quantitative estimate of drug-likeness (QED) is 0.667. The molecule has 0 radical (unpaired) electrons. The number of anilines is 1. The molecule has 0 spiro atoms. The summed E-state index contributed by atoms with van der Waals surface area (Å²) in [5, 5.41) is 16.0. The molecule has 3 aromatic rings. The lowest BCUT2D eigenvalue weighted by Gasteiger charge is -2.16. The Balaban J connectivity index is 1.54. The molecular weight excluding hydrogens is 314 g/mol. The standard InChI is InChI=1S/C16H17N3O3S/c1-10(9-12(20)13-6-4-8-22-13)17-15(21)19-16-18-11-5-2-3-7-14(11)23-16/h2-8,10,12,20H,9H2,1H3,(H2,17,18,19,21). The molecule has 0 fully saturated rings. The fourth-order valence-corrected chi connectivity index (χ4v) is 3.13. The van der Waals surface area contributed by atoms with Crippen molar-refractivity contribution in [3.8, 4) is 0 Å². The molecule has 2 amide bonds. The number of amides is 2. The molecule has 0 aliphatic heterocycles. The highest BCUT2D eigenvalue weighted by Gasteiger charge is 2.17. The normalized spacial score (nSPS) is 13.7. The molecule has 2 heterocycles. The monoisotopic (exact) mass is 331 g/mol. The Hall–Kier alpha value is -2.38. The molecule has 2 aromatic heterocycles. The van der Waals surface area contributed by atoms with Crippen LogP contribution in [0.2, 0.25) is 0 Å².